The molecule has 1 fully saturated rings. The van der Waals surface area contributed by atoms with Crippen molar-refractivity contribution in [3.8, 4) is 0 Å². The van der Waals surface area contributed by atoms with Crippen LogP contribution in [0.5, 0.6) is 0 Å². The second-order valence-electron chi connectivity index (χ2n) is 6.21. The molecule has 6 nitrogen and oxygen atoms in total. The third kappa shape index (κ3) is 7.99. The summed E-state index contributed by atoms with van der Waals surface area (Å²) in [6, 6.07) is 0.329. The van der Waals surface area contributed by atoms with Gasteiger partial charge >= 0.3 is 6.09 Å². The normalized spacial score (nSPS) is 16.6. The van der Waals surface area contributed by atoms with Crippen molar-refractivity contribution in [2.24, 2.45) is 0 Å². The van der Waals surface area contributed by atoms with Gasteiger partial charge in [-0.15, -0.1) is 0 Å². The molecule has 116 valence electrons. The third-order valence-corrected chi connectivity index (χ3v) is 3.04. The van der Waals surface area contributed by atoms with Gasteiger partial charge in [-0.05, 0) is 33.6 Å². The van der Waals surface area contributed by atoms with E-state index in [2.05, 4.69) is 16.2 Å². The van der Waals surface area contributed by atoms with E-state index in [1.807, 2.05) is 0 Å². The number of hydrogen-bond donors (Lipinski definition) is 3. The Balaban J connectivity index is 2.05. The maximum absolute atomic E-state index is 11.7. The van der Waals surface area contributed by atoms with E-state index in [1.54, 1.807) is 20.8 Å². The van der Waals surface area contributed by atoms with Crippen LogP contribution in [0, 0.1) is 0 Å². The molecule has 0 spiro atoms. The number of hydrogen-bond acceptors (Lipinski definition) is 4. The first-order valence-corrected chi connectivity index (χ1v) is 7.38. The maximum Gasteiger partial charge on any atom is 0.422 e. The lowest BCUT2D eigenvalue weighted by molar-refractivity contribution is -0.121. The average Bonchev–Trinajstić information content (AvgIpc) is 2.34. The molecule has 0 unspecified atom stereocenters. The van der Waals surface area contributed by atoms with Gasteiger partial charge < -0.3 is 10.1 Å². The number of carbonyl (C=O) groups is 2. The third-order valence-electron chi connectivity index (χ3n) is 3.04. The van der Waals surface area contributed by atoms with E-state index < -0.39 is 11.7 Å². The molecule has 20 heavy (non-hydrogen) atoms. The summed E-state index contributed by atoms with van der Waals surface area (Å²) in [4.78, 5) is 23.0. The lowest BCUT2D eigenvalue weighted by atomic mass is 9.95. The molecule has 0 aliphatic heterocycles. The molecule has 0 atom stereocenters. The first-order chi connectivity index (χ1) is 9.37. The Bertz CT molecular complexity index is 320. The largest absolute Gasteiger partial charge is 0.443 e. The standard InChI is InChI=1S/C14H27N3O3/c1-14(2,3)20-13(19)17-15-10-9-12(18)16-11-7-5-4-6-8-11/h11,15H,4-10H2,1-3H3,(H,16,18)(H,17,19). The van der Waals surface area contributed by atoms with Gasteiger partial charge in [-0.1, -0.05) is 19.3 Å². The summed E-state index contributed by atoms with van der Waals surface area (Å²) in [5, 5.41) is 3.02. The van der Waals surface area contributed by atoms with E-state index in [4.69, 9.17) is 4.74 Å². The van der Waals surface area contributed by atoms with Gasteiger partial charge in [0, 0.05) is 19.0 Å². The van der Waals surface area contributed by atoms with Gasteiger partial charge in [0.15, 0.2) is 0 Å². The van der Waals surface area contributed by atoms with E-state index in [0.29, 0.717) is 19.0 Å². The van der Waals surface area contributed by atoms with Crippen molar-refractivity contribution in [3.63, 3.8) is 0 Å². The number of rotatable bonds is 5. The summed E-state index contributed by atoms with van der Waals surface area (Å²) < 4.78 is 5.05. The van der Waals surface area contributed by atoms with E-state index in [0.717, 1.165) is 12.8 Å². The van der Waals surface area contributed by atoms with Crippen molar-refractivity contribution in [3.05, 3.63) is 0 Å². The molecule has 0 aromatic heterocycles. The van der Waals surface area contributed by atoms with Gasteiger partial charge in [0.25, 0.3) is 0 Å². The Morgan fingerprint density at radius 1 is 1.15 bits per heavy atom. The molecule has 0 radical (unpaired) electrons. The SMILES string of the molecule is CC(C)(C)OC(=O)NNCCC(=O)NC1CCCCC1. The van der Waals surface area contributed by atoms with Crippen molar-refractivity contribution in [1.29, 1.82) is 0 Å². The highest BCUT2D eigenvalue weighted by molar-refractivity contribution is 5.76. The fourth-order valence-corrected chi connectivity index (χ4v) is 2.16. The first-order valence-electron chi connectivity index (χ1n) is 7.38. The number of amides is 2. The molecule has 0 aromatic carbocycles. The summed E-state index contributed by atoms with van der Waals surface area (Å²) >= 11 is 0. The maximum atomic E-state index is 11.7. The Morgan fingerprint density at radius 3 is 2.40 bits per heavy atom. The molecule has 1 aliphatic rings. The van der Waals surface area contributed by atoms with E-state index in [-0.39, 0.29) is 5.91 Å². The Labute approximate surface area is 121 Å². The lowest BCUT2D eigenvalue weighted by Crippen LogP contribution is -2.43. The van der Waals surface area contributed by atoms with E-state index in [1.165, 1.54) is 19.3 Å². The fraction of sp³-hybridized carbons (Fsp3) is 0.857. The number of nitrogens with one attached hydrogen (secondary N) is 3. The van der Waals surface area contributed by atoms with Crippen molar-refractivity contribution in [2.45, 2.75) is 70.9 Å². The van der Waals surface area contributed by atoms with Crippen molar-refractivity contribution < 1.29 is 14.3 Å². The molecule has 1 saturated carbocycles. The monoisotopic (exact) mass is 285 g/mol. The van der Waals surface area contributed by atoms with Crippen LogP contribution in [0.2, 0.25) is 0 Å². The Hall–Kier alpha value is -1.30. The van der Waals surface area contributed by atoms with E-state index >= 15 is 0 Å². The van der Waals surface area contributed by atoms with Crippen LogP contribution in [-0.4, -0.2) is 30.2 Å². The fourth-order valence-electron chi connectivity index (χ4n) is 2.16. The smallest absolute Gasteiger partial charge is 0.422 e. The highest BCUT2D eigenvalue weighted by Crippen LogP contribution is 2.17. The minimum Gasteiger partial charge on any atom is -0.443 e. The van der Waals surface area contributed by atoms with Crippen LogP contribution < -0.4 is 16.2 Å². The van der Waals surface area contributed by atoms with E-state index in [9.17, 15) is 9.59 Å². The summed E-state index contributed by atoms with van der Waals surface area (Å²) in [6.45, 7) is 5.77. The van der Waals surface area contributed by atoms with Gasteiger partial charge in [-0.25, -0.2) is 10.2 Å². The zero-order valence-electron chi connectivity index (χ0n) is 12.8. The highest BCUT2D eigenvalue weighted by Gasteiger charge is 2.16. The highest BCUT2D eigenvalue weighted by atomic mass is 16.6. The van der Waals surface area contributed by atoms with Crippen molar-refractivity contribution >= 4 is 12.0 Å². The zero-order chi connectivity index (χ0) is 15.0. The zero-order valence-corrected chi connectivity index (χ0v) is 12.8. The van der Waals surface area contributed by atoms with Crippen LogP contribution in [-0.2, 0) is 9.53 Å². The van der Waals surface area contributed by atoms with Crippen molar-refractivity contribution in [2.75, 3.05) is 6.54 Å². The Morgan fingerprint density at radius 2 is 1.80 bits per heavy atom. The molecule has 0 aromatic rings. The summed E-state index contributed by atoms with van der Waals surface area (Å²) in [5.74, 6) is 0.0235. The summed E-state index contributed by atoms with van der Waals surface area (Å²) in [7, 11) is 0. The van der Waals surface area contributed by atoms with Gasteiger partial charge in [0.05, 0.1) is 0 Å². The molecule has 6 heteroatoms. The molecule has 1 rings (SSSR count). The predicted molar refractivity (Wildman–Crippen MR) is 77.0 cm³/mol. The molecule has 0 heterocycles. The molecule has 0 bridgehead atoms. The van der Waals surface area contributed by atoms with Crippen LogP contribution in [0.4, 0.5) is 4.79 Å². The number of hydrazine groups is 1. The molecule has 0 saturated heterocycles. The first kappa shape index (κ1) is 16.8. The molecular weight excluding hydrogens is 258 g/mol. The molecule has 2 amide bonds. The van der Waals surface area contributed by atoms with Gasteiger partial charge in [-0.2, -0.15) is 0 Å². The number of carbonyl (C=O) groups excluding carboxylic acids is 2. The summed E-state index contributed by atoms with van der Waals surface area (Å²) in [6.07, 6.45) is 5.63. The van der Waals surface area contributed by atoms with Crippen LogP contribution >= 0.6 is 0 Å². The minimum absolute atomic E-state index is 0.0235. The average molecular weight is 285 g/mol. The molecule has 3 N–H and O–H groups in total. The van der Waals surface area contributed by atoms with Crippen LogP contribution in [0.1, 0.15) is 59.3 Å². The van der Waals surface area contributed by atoms with Gasteiger partial charge in [0.2, 0.25) is 5.91 Å². The second-order valence-corrected chi connectivity index (χ2v) is 6.21. The van der Waals surface area contributed by atoms with Crippen molar-refractivity contribution in [1.82, 2.24) is 16.2 Å². The van der Waals surface area contributed by atoms with Crippen LogP contribution in [0.25, 0.3) is 0 Å². The van der Waals surface area contributed by atoms with Crippen LogP contribution in [0.15, 0.2) is 0 Å². The second kappa shape index (κ2) is 8.09. The number of ether oxygens (including phenoxy) is 1. The molecular formula is C14H27N3O3. The van der Waals surface area contributed by atoms with Gasteiger partial charge in [0.1, 0.15) is 5.60 Å². The quantitative estimate of drug-likeness (QED) is 0.532. The van der Waals surface area contributed by atoms with Crippen LogP contribution in [0.3, 0.4) is 0 Å². The summed E-state index contributed by atoms with van der Waals surface area (Å²) in [5.41, 5.74) is 4.57. The Kier molecular flexibility index (Phi) is 6.78. The topological polar surface area (TPSA) is 79.5 Å². The lowest BCUT2D eigenvalue weighted by Gasteiger charge is -2.23. The molecule has 1 aliphatic carbocycles. The minimum atomic E-state index is -0.537. The van der Waals surface area contributed by atoms with Gasteiger partial charge in [-0.3, -0.25) is 10.2 Å². The predicted octanol–water partition coefficient (Wildman–Crippen LogP) is 1.85.